The Hall–Kier alpha value is -1.09. The predicted molar refractivity (Wildman–Crippen MR) is 54.8 cm³/mol. The van der Waals surface area contributed by atoms with Gasteiger partial charge in [-0.2, -0.15) is 0 Å². The molecule has 0 unspecified atom stereocenters. The lowest BCUT2D eigenvalue weighted by atomic mass is 10.1. The van der Waals surface area contributed by atoms with Gasteiger partial charge in [0, 0.05) is 6.54 Å². The molecule has 13 heavy (non-hydrogen) atoms. The second kappa shape index (κ2) is 5.54. The molecule has 0 aliphatic heterocycles. The molecule has 0 aliphatic carbocycles. The SMILES string of the molecule is CC.Cc1cc(CN)cc(F)c1N. The summed E-state index contributed by atoms with van der Waals surface area (Å²) in [6.07, 6.45) is 0. The molecule has 0 aromatic heterocycles. The number of anilines is 1. The Bertz CT molecular complexity index is 249. The van der Waals surface area contributed by atoms with E-state index < -0.39 is 0 Å². The van der Waals surface area contributed by atoms with E-state index in [0.29, 0.717) is 6.54 Å². The molecule has 0 fully saturated rings. The first-order chi connectivity index (χ1) is 6.15. The van der Waals surface area contributed by atoms with Crippen LogP contribution in [0.5, 0.6) is 0 Å². The van der Waals surface area contributed by atoms with Crippen LogP contribution in [-0.2, 0) is 6.54 Å². The second-order valence-electron chi connectivity index (χ2n) is 2.51. The Labute approximate surface area is 78.7 Å². The van der Waals surface area contributed by atoms with Gasteiger partial charge in [0.25, 0.3) is 0 Å². The number of hydrogen-bond acceptors (Lipinski definition) is 2. The monoisotopic (exact) mass is 184 g/mol. The quantitative estimate of drug-likeness (QED) is 0.657. The fourth-order valence-electron chi connectivity index (χ4n) is 0.944. The van der Waals surface area contributed by atoms with Crippen molar-refractivity contribution in [1.82, 2.24) is 0 Å². The molecular weight excluding hydrogens is 167 g/mol. The number of nitrogen functional groups attached to an aromatic ring is 1. The highest BCUT2D eigenvalue weighted by Crippen LogP contribution is 2.17. The standard InChI is InChI=1S/C8H11FN2.C2H6/c1-5-2-6(4-10)3-7(9)8(5)11;1-2/h2-3H,4,10-11H2,1H3;1-2H3. The van der Waals surface area contributed by atoms with Crippen molar-refractivity contribution in [2.24, 2.45) is 5.73 Å². The number of aryl methyl sites for hydroxylation is 1. The van der Waals surface area contributed by atoms with E-state index >= 15 is 0 Å². The Kier molecular flexibility index (Phi) is 5.07. The van der Waals surface area contributed by atoms with Crippen molar-refractivity contribution in [3.8, 4) is 0 Å². The summed E-state index contributed by atoms with van der Waals surface area (Å²) in [6.45, 7) is 6.11. The van der Waals surface area contributed by atoms with Crippen LogP contribution in [0.1, 0.15) is 25.0 Å². The fraction of sp³-hybridized carbons (Fsp3) is 0.400. The minimum atomic E-state index is -0.384. The zero-order valence-corrected chi connectivity index (χ0v) is 8.39. The lowest BCUT2D eigenvalue weighted by Gasteiger charge is -2.03. The van der Waals surface area contributed by atoms with Crippen LogP contribution in [-0.4, -0.2) is 0 Å². The molecule has 1 rings (SSSR count). The van der Waals surface area contributed by atoms with Crippen LogP contribution in [0, 0.1) is 12.7 Å². The third kappa shape index (κ3) is 3.03. The zero-order valence-electron chi connectivity index (χ0n) is 8.39. The summed E-state index contributed by atoms with van der Waals surface area (Å²) in [4.78, 5) is 0. The fourth-order valence-corrected chi connectivity index (χ4v) is 0.944. The molecule has 0 bridgehead atoms. The lowest BCUT2D eigenvalue weighted by molar-refractivity contribution is 0.629. The van der Waals surface area contributed by atoms with Crippen LogP contribution in [0.2, 0.25) is 0 Å². The van der Waals surface area contributed by atoms with Crippen molar-refractivity contribution in [2.45, 2.75) is 27.3 Å². The van der Waals surface area contributed by atoms with Crippen molar-refractivity contribution < 1.29 is 4.39 Å². The van der Waals surface area contributed by atoms with Gasteiger partial charge in [-0.15, -0.1) is 0 Å². The van der Waals surface area contributed by atoms with Crippen LogP contribution in [0.3, 0.4) is 0 Å². The lowest BCUT2D eigenvalue weighted by Crippen LogP contribution is -2.01. The first-order valence-corrected chi connectivity index (χ1v) is 4.39. The molecular formula is C10H17FN2. The molecule has 0 amide bonds. The summed E-state index contributed by atoms with van der Waals surface area (Å²) < 4.78 is 12.8. The van der Waals surface area contributed by atoms with Gasteiger partial charge in [-0.3, -0.25) is 0 Å². The summed E-state index contributed by atoms with van der Waals surface area (Å²) in [5.41, 5.74) is 12.4. The van der Waals surface area contributed by atoms with Gasteiger partial charge in [0.05, 0.1) is 5.69 Å². The molecule has 2 nitrogen and oxygen atoms in total. The van der Waals surface area contributed by atoms with E-state index in [-0.39, 0.29) is 11.5 Å². The largest absolute Gasteiger partial charge is 0.396 e. The number of benzene rings is 1. The molecule has 3 heteroatoms. The van der Waals surface area contributed by atoms with Crippen molar-refractivity contribution in [2.75, 3.05) is 5.73 Å². The molecule has 1 aromatic carbocycles. The smallest absolute Gasteiger partial charge is 0.146 e. The third-order valence-electron chi connectivity index (χ3n) is 1.63. The number of nitrogens with two attached hydrogens (primary N) is 2. The summed E-state index contributed by atoms with van der Waals surface area (Å²) in [5.74, 6) is -0.384. The molecule has 74 valence electrons. The molecule has 0 saturated carbocycles. The van der Waals surface area contributed by atoms with E-state index in [9.17, 15) is 4.39 Å². The zero-order chi connectivity index (χ0) is 10.4. The minimum absolute atomic E-state index is 0.210. The Balaban J connectivity index is 0.000000671. The number of halogens is 1. The average Bonchev–Trinajstić information content (AvgIpc) is 2.16. The summed E-state index contributed by atoms with van der Waals surface area (Å²) in [5, 5.41) is 0. The Morgan fingerprint density at radius 3 is 2.23 bits per heavy atom. The molecule has 4 N–H and O–H groups in total. The molecule has 0 aliphatic rings. The highest BCUT2D eigenvalue weighted by molar-refractivity contribution is 5.49. The van der Waals surface area contributed by atoms with Crippen molar-refractivity contribution in [3.05, 3.63) is 29.1 Å². The van der Waals surface area contributed by atoms with Gasteiger partial charge in [-0.05, 0) is 24.1 Å². The van der Waals surface area contributed by atoms with Gasteiger partial charge < -0.3 is 11.5 Å². The molecule has 0 heterocycles. The Morgan fingerprint density at radius 1 is 1.31 bits per heavy atom. The van der Waals surface area contributed by atoms with Gasteiger partial charge in [0.1, 0.15) is 5.82 Å². The van der Waals surface area contributed by atoms with Crippen LogP contribution >= 0.6 is 0 Å². The van der Waals surface area contributed by atoms with E-state index in [1.165, 1.54) is 6.07 Å². The molecule has 0 atom stereocenters. The minimum Gasteiger partial charge on any atom is -0.396 e. The third-order valence-corrected chi connectivity index (χ3v) is 1.63. The van der Waals surface area contributed by atoms with Gasteiger partial charge in [-0.1, -0.05) is 19.9 Å². The van der Waals surface area contributed by atoms with Crippen LogP contribution < -0.4 is 11.5 Å². The molecule has 1 aromatic rings. The van der Waals surface area contributed by atoms with Gasteiger partial charge >= 0.3 is 0 Å². The van der Waals surface area contributed by atoms with E-state index in [0.717, 1.165) is 11.1 Å². The number of rotatable bonds is 1. The van der Waals surface area contributed by atoms with E-state index in [1.807, 2.05) is 13.8 Å². The van der Waals surface area contributed by atoms with Crippen LogP contribution in [0.15, 0.2) is 12.1 Å². The van der Waals surface area contributed by atoms with Gasteiger partial charge in [0.2, 0.25) is 0 Å². The first kappa shape index (κ1) is 11.9. The van der Waals surface area contributed by atoms with Crippen molar-refractivity contribution >= 4 is 5.69 Å². The van der Waals surface area contributed by atoms with E-state index in [1.54, 1.807) is 13.0 Å². The molecule has 0 spiro atoms. The van der Waals surface area contributed by atoms with Gasteiger partial charge in [0.15, 0.2) is 0 Å². The maximum atomic E-state index is 12.8. The highest BCUT2D eigenvalue weighted by Gasteiger charge is 2.02. The summed E-state index contributed by atoms with van der Waals surface area (Å²) in [7, 11) is 0. The normalized spacial score (nSPS) is 9.00. The second-order valence-corrected chi connectivity index (χ2v) is 2.51. The van der Waals surface area contributed by atoms with Crippen LogP contribution in [0.25, 0.3) is 0 Å². The number of hydrogen-bond donors (Lipinski definition) is 2. The molecule has 0 saturated heterocycles. The van der Waals surface area contributed by atoms with Crippen molar-refractivity contribution in [1.29, 1.82) is 0 Å². The summed E-state index contributed by atoms with van der Waals surface area (Å²) >= 11 is 0. The first-order valence-electron chi connectivity index (χ1n) is 4.39. The average molecular weight is 184 g/mol. The van der Waals surface area contributed by atoms with Gasteiger partial charge in [-0.25, -0.2) is 4.39 Å². The predicted octanol–water partition coefficient (Wildman–Crippen LogP) is 2.20. The summed E-state index contributed by atoms with van der Waals surface area (Å²) in [6, 6.07) is 3.15. The maximum Gasteiger partial charge on any atom is 0.146 e. The van der Waals surface area contributed by atoms with E-state index in [2.05, 4.69) is 0 Å². The maximum absolute atomic E-state index is 12.8. The van der Waals surface area contributed by atoms with Crippen LogP contribution in [0.4, 0.5) is 10.1 Å². The topological polar surface area (TPSA) is 52.0 Å². The molecule has 0 radical (unpaired) electrons. The Morgan fingerprint density at radius 2 is 1.85 bits per heavy atom. The highest BCUT2D eigenvalue weighted by atomic mass is 19.1. The van der Waals surface area contributed by atoms with E-state index in [4.69, 9.17) is 11.5 Å². The van der Waals surface area contributed by atoms with Crippen molar-refractivity contribution in [3.63, 3.8) is 0 Å².